The van der Waals surface area contributed by atoms with Gasteiger partial charge in [0, 0.05) is 37.3 Å². The van der Waals surface area contributed by atoms with Crippen molar-refractivity contribution >= 4 is 17.9 Å². The SMILES string of the molecule is COc1ncc(C2(O)CCC3CN(Cc4cc(C)ccc4OC)CC32)c(OC)n1.O=C(O)CC(O)(CC(=O)O)C(=O)O. The number of methoxy groups -OCH3 is 3. The van der Waals surface area contributed by atoms with Crippen LogP contribution in [0.5, 0.6) is 17.6 Å². The zero-order valence-electron chi connectivity index (χ0n) is 23.9. The van der Waals surface area contributed by atoms with E-state index >= 15 is 0 Å². The standard InChI is InChI=1S/C22H29N3O4.C6H8O7/c1-14-5-6-19(27-2)16(9-14)12-25-11-15-7-8-22(26,18(15)13-25)17-10-23-21(29-4)24-20(17)28-3;7-3(8)1-6(13,5(11)12)2-4(9)10/h5-6,9-10,15,18,26H,7-8,11-13H2,1-4H3;13H,1-2H2,(H,7,8)(H,9,10)(H,11,12). The summed E-state index contributed by atoms with van der Waals surface area (Å²) in [5.74, 6) is -3.17. The zero-order valence-corrected chi connectivity index (χ0v) is 23.9. The summed E-state index contributed by atoms with van der Waals surface area (Å²) >= 11 is 0. The number of nitrogens with zero attached hydrogens (tertiary/aromatic N) is 3. The highest BCUT2D eigenvalue weighted by atomic mass is 16.5. The van der Waals surface area contributed by atoms with Crippen molar-refractivity contribution in [3.8, 4) is 17.6 Å². The summed E-state index contributed by atoms with van der Waals surface area (Å²) in [6.07, 6.45) is 1.02. The Balaban J connectivity index is 0.000000316. The molecule has 230 valence electrons. The number of aliphatic hydroxyl groups is 2. The molecular weight excluding hydrogens is 554 g/mol. The molecule has 5 N–H and O–H groups in total. The number of carboxylic acids is 3. The molecule has 0 bridgehead atoms. The largest absolute Gasteiger partial charge is 0.496 e. The molecule has 2 aromatic rings. The first-order valence-corrected chi connectivity index (χ1v) is 13.2. The summed E-state index contributed by atoms with van der Waals surface area (Å²) in [5, 5.41) is 45.5. The molecule has 0 amide bonds. The minimum absolute atomic E-state index is 0.115. The number of aliphatic carboxylic acids is 3. The van der Waals surface area contributed by atoms with Crippen LogP contribution in [0.25, 0.3) is 0 Å². The molecule has 3 unspecified atom stereocenters. The van der Waals surface area contributed by atoms with Gasteiger partial charge in [0.05, 0.1) is 39.7 Å². The lowest BCUT2D eigenvalue weighted by atomic mass is 9.83. The lowest BCUT2D eigenvalue weighted by Gasteiger charge is -2.31. The van der Waals surface area contributed by atoms with Gasteiger partial charge in [0.2, 0.25) is 5.88 Å². The van der Waals surface area contributed by atoms with Crippen molar-refractivity contribution in [2.24, 2.45) is 11.8 Å². The number of hydrogen-bond donors (Lipinski definition) is 5. The first kappa shape index (κ1) is 32.5. The van der Waals surface area contributed by atoms with Gasteiger partial charge in [-0.25, -0.2) is 9.78 Å². The van der Waals surface area contributed by atoms with E-state index in [1.807, 2.05) is 6.07 Å². The molecule has 2 fully saturated rings. The van der Waals surface area contributed by atoms with Crippen molar-refractivity contribution in [3.05, 3.63) is 41.1 Å². The number of likely N-dealkylation sites (tertiary alicyclic amines) is 1. The Labute approximate surface area is 242 Å². The molecule has 4 rings (SSSR count). The summed E-state index contributed by atoms with van der Waals surface area (Å²) in [7, 11) is 4.79. The molecule has 1 aromatic carbocycles. The smallest absolute Gasteiger partial charge is 0.336 e. The van der Waals surface area contributed by atoms with E-state index in [2.05, 4.69) is 33.9 Å². The molecule has 1 saturated carbocycles. The highest BCUT2D eigenvalue weighted by molar-refractivity contribution is 5.88. The van der Waals surface area contributed by atoms with Crippen molar-refractivity contribution in [1.82, 2.24) is 14.9 Å². The number of carboxylic acid groups (broad SMARTS) is 3. The maximum Gasteiger partial charge on any atom is 0.336 e. The fourth-order valence-electron chi connectivity index (χ4n) is 5.74. The van der Waals surface area contributed by atoms with E-state index in [0.717, 1.165) is 31.8 Å². The molecule has 3 atom stereocenters. The lowest BCUT2D eigenvalue weighted by Crippen LogP contribution is -2.42. The van der Waals surface area contributed by atoms with Crippen molar-refractivity contribution in [2.75, 3.05) is 34.4 Å². The second-order valence-electron chi connectivity index (χ2n) is 10.6. The summed E-state index contributed by atoms with van der Waals surface area (Å²) in [5.41, 5.74) is -0.674. The maximum absolute atomic E-state index is 11.7. The van der Waals surface area contributed by atoms with Gasteiger partial charge < -0.3 is 39.7 Å². The van der Waals surface area contributed by atoms with Crippen LogP contribution in [-0.2, 0) is 26.5 Å². The number of fused-ring (bicyclic) bond motifs is 1. The van der Waals surface area contributed by atoms with Crippen LogP contribution in [0.4, 0.5) is 0 Å². The van der Waals surface area contributed by atoms with Crippen LogP contribution in [0.15, 0.2) is 24.4 Å². The number of aromatic nitrogens is 2. The van der Waals surface area contributed by atoms with Crippen LogP contribution in [0.1, 0.15) is 42.4 Å². The van der Waals surface area contributed by atoms with E-state index in [-0.39, 0.29) is 11.9 Å². The van der Waals surface area contributed by atoms with Gasteiger partial charge in [-0.05, 0) is 31.7 Å². The average molecular weight is 592 g/mol. The second kappa shape index (κ2) is 13.3. The number of rotatable bonds is 11. The Morgan fingerprint density at radius 1 is 1.05 bits per heavy atom. The minimum Gasteiger partial charge on any atom is -0.496 e. The van der Waals surface area contributed by atoms with Crippen LogP contribution in [0.3, 0.4) is 0 Å². The molecule has 1 saturated heterocycles. The number of aryl methyl sites for hydroxylation is 1. The molecule has 0 radical (unpaired) electrons. The first-order valence-electron chi connectivity index (χ1n) is 13.2. The Hall–Kier alpha value is -4.01. The van der Waals surface area contributed by atoms with Gasteiger partial charge in [-0.3, -0.25) is 14.5 Å². The fourth-order valence-corrected chi connectivity index (χ4v) is 5.74. The first-order chi connectivity index (χ1) is 19.8. The number of hydrogen-bond acceptors (Lipinski definition) is 11. The summed E-state index contributed by atoms with van der Waals surface area (Å²) in [6, 6.07) is 6.51. The highest BCUT2D eigenvalue weighted by Gasteiger charge is 2.54. The third kappa shape index (κ3) is 7.24. The van der Waals surface area contributed by atoms with Gasteiger partial charge in [-0.1, -0.05) is 17.7 Å². The summed E-state index contributed by atoms with van der Waals surface area (Å²) in [4.78, 5) is 41.4. The molecule has 1 aliphatic carbocycles. The van der Waals surface area contributed by atoms with E-state index in [9.17, 15) is 19.5 Å². The third-order valence-corrected chi connectivity index (χ3v) is 7.72. The van der Waals surface area contributed by atoms with E-state index < -0.39 is 42.0 Å². The number of carbonyl (C=O) groups is 3. The number of ether oxygens (including phenoxy) is 3. The molecule has 14 nitrogen and oxygen atoms in total. The quantitative estimate of drug-likeness (QED) is 0.249. The molecule has 1 aliphatic heterocycles. The Morgan fingerprint density at radius 2 is 1.71 bits per heavy atom. The molecule has 42 heavy (non-hydrogen) atoms. The molecule has 2 heterocycles. The summed E-state index contributed by atoms with van der Waals surface area (Å²) < 4.78 is 16.1. The van der Waals surface area contributed by atoms with Crippen molar-refractivity contribution < 1.29 is 54.1 Å². The summed E-state index contributed by atoms with van der Waals surface area (Å²) in [6.45, 7) is 4.68. The monoisotopic (exact) mass is 591 g/mol. The number of benzene rings is 1. The second-order valence-corrected chi connectivity index (χ2v) is 10.6. The van der Waals surface area contributed by atoms with Gasteiger partial charge in [0.15, 0.2) is 5.60 Å². The average Bonchev–Trinajstić information content (AvgIpc) is 3.47. The normalized spacial score (nSPS) is 21.6. The van der Waals surface area contributed by atoms with Crippen LogP contribution in [0.2, 0.25) is 0 Å². The topological polar surface area (TPSA) is 209 Å². The van der Waals surface area contributed by atoms with Crippen LogP contribution in [-0.4, -0.2) is 98.3 Å². The van der Waals surface area contributed by atoms with E-state index in [1.54, 1.807) is 20.4 Å². The highest BCUT2D eigenvalue weighted by Crippen LogP contribution is 2.52. The van der Waals surface area contributed by atoms with E-state index in [0.29, 0.717) is 23.8 Å². The maximum atomic E-state index is 11.7. The van der Waals surface area contributed by atoms with Gasteiger partial charge in [-0.2, -0.15) is 4.98 Å². The lowest BCUT2D eigenvalue weighted by molar-refractivity contribution is -0.170. The van der Waals surface area contributed by atoms with Gasteiger partial charge in [0.1, 0.15) is 11.4 Å². The Morgan fingerprint density at radius 3 is 2.26 bits per heavy atom. The van der Waals surface area contributed by atoms with Crippen molar-refractivity contribution in [1.29, 1.82) is 0 Å². The molecule has 2 aliphatic rings. The zero-order chi connectivity index (χ0) is 31.2. The Bertz CT molecular complexity index is 1290. The fraction of sp³-hybridized carbons (Fsp3) is 0.536. The van der Waals surface area contributed by atoms with Crippen LogP contribution in [0, 0.1) is 18.8 Å². The minimum atomic E-state index is -2.74. The molecule has 14 heteroatoms. The van der Waals surface area contributed by atoms with Crippen molar-refractivity contribution in [3.63, 3.8) is 0 Å². The van der Waals surface area contributed by atoms with Gasteiger partial charge in [-0.15, -0.1) is 0 Å². The van der Waals surface area contributed by atoms with Crippen molar-refractivity contribution in [2.45, 2.75) is 50.4 Å². The predicted octanol–water partition coefficient (Wildman–Crippen LogP) is 1.29. The predicted molar refractivity (Wildman–Crippen MR) is 145 cm³/mol. The van der Waals surface area contributed by atoms with Gasteiger partial charge >= 0.3 is 23.9 Å². The molecule has 0 spiro atoms. The van der Waals surface area contributed by atoms with E-state index in [4.69, 9.17) is 34.6 Å². The third-order valence-electron chi connectivity index (χ3n) is 7.72. The molecule has 1 aromatic heterocycles. The van der Waals surface area contributed by atoms with E-state index in [1.165, 1.54) is 18.2 Å². The van der Waals surface area contributed by atoms with Crippen LogP contribution >= 0.6 is 0 Å². The van der Waals surface area contributed by atoms with Gasteiger partial charge in [0.25, 0.3) is 0 Å². The van der Waals surface area contributed by atoms with Crippen LogP contribution < -0.4 is 14.2 Å². The molecular formula is C28H37N3O11. The Kier molecular flexibility index (Phi) is 10.3.